The number of nitrogens with zero attached hydrogens (tertiary/aromatic N) is 2. The average Bonchev–Trinajstić information content (AvgIpc) is 2.88. The standard InChI is InChI=1S/C12H19N3/c1-8-6-15(14-12(8)13)7-9-2-3-10-5-11(10)4-9/h6,9-11H,2-5,7H2,1H3,(H2,13,14). The normalized spacial score (nSPS) is 33.8. The van der Waals surface area contributed by atoms with Crippen molar-refractivity contribution in [2.24, 2.45) is 17.8 Å². The van der Waals surface area contributed by atoms with Crippen LogP contribution in [0.3, 0.4) is 0 Å². The lowest BCUT2D eigenvalue weighted by Gasteiger charge is -2.20. The lowest BCUT2D eigenvalue weighted by molar-refractivity contribution is 0.297. The summed E-state index contributed by atoms with van der Waals surface area (Å²) in [6, 6.07) is 0. The molecule has 0 saturated heterocycles. The van der Waals surface area contributed by atoms with E-state index >= 15 is 0 Å². The van der Waals surface area contributed by atoms with Crippen molar-refractivity contribution >= 4 is 5.82 Å². The summed E-state index contributed by atoms with van der Waals surface area (Å²) in [4.78, 5) is 0. The van der Waals surface area contributed by atoms with Crippen molar-refractivity contribution in [2.75, 3.05) is 5.73 Å². The molecule has 2 N–H and O–H groups in total. The highest BCUT2D eigenvalue weighted by atomic mass is 15.3. The second-order valence-corrected chi connectivity index (χ2v) is 5.35. The van der Waals surface area contributed by atoms with Gasteiger partial charge in [0, 0.05) is 18.3 Å². The summed E-state index contributed by atoms with van der Waals surface area (Å²) in [6.45, 7) is 3.10. The lowest BCUT2D eigenvalue weighted by atomic mass is 9.89. The van der Waals surface area contributed by atoms with Gasteiger partial charge in [0.15, 0.2) is 0 Å². The van der Waals surface area contributed by atoms with E-state index in [0.29, 0.717) is 5.82 Å². The van der Waals surface area contributed by atoms with Gasteiger partial charge in [-0.3, -0.25) is 4.68 Å². The Hall–Kier alpha value is -0.990. The molecule has 3 unspecified atom stereocenters. The molecular weight excluding hydrogens is 186 g/mol. The van der Waals surface area contributed by atoms with Gasteiger partial charge in [0.05, 0.1) is 0 Å². The van der Waals surface area contributed by atoms with Gasteiger partial charge < -0.3 is 5.73 Å². The minimum atomic E-state index is 0.690. The molecule has 2 fully saturated rings. The predicted molar refractivity (Wildman–Crippen MR) is 60.3 cm³/mol. The van der Waals surface area contributed by atoms with E-state index in [9.17, 15) is 0 Å². The van der Waals surface area contributed by atoms with E-state index < -0.39 is 0 Å². The number of hydrogen-bond donors (Lipinski definition) is 1. The van der Waals surface area contributed by atoms with Crippen molar-refractivity contribution in [1.29, 1.82) is 0 Å². The summed E-state index contributed by atoms with van der Waals surface area (Å²) in [5, 5.41) is 4.34. The van der Waals surface area contributed by atoms with Crippen LogP contribution in [0.1, 0.15) is 31.2 Å². The first-order valence-electron chi connectivity index (χ1n) is 6.02. The highest BCUT2D eigenvalue weighted by Crippen LogP contribution is 2.51. The van der Waals surface area contributed by atoms with Crippen LogP contribution >= 0.6 is 0 Å². The molecular formula is C12H19N3. The SMILES string of the molecule is Cc1cn(CC2CCC3CC3C2)nc1N. The van der Waals surface area contributed by atoms with Crippen LogP contribution in [0.5, 0.6) is 0 Å². The summed E-state index contributed by atoms with van der Waals surface area (Å²) >= 11 is 0. The zero-order valence-electron chi connectivity index (χ0n) is 9.32. The number of fused-ring (bicyclic) bond motifs is 1. The maximum absolute atomic E-state index is 5.75. The Morgan fingerprint density at radius 2 is 2.27 bits per heavy atom. The minimum Gasteiger partial charge on any atom is -0.382 e. The van der Waals surface area contributed by atoms with Gasteiger partial charge >= 0.3 is 0 Å². The Morgan fingerprint density at radius 1 is 1.40 bits per heavy atom. The van der Waals surface area contributed by atoms with Gasteiger partial charge in [-0.15, -0.1) is 0 Å². The van der Waals surface area contributed by atoms with Crippen LogP contribution in [0.4, 0.5) is 5.82 Å². The molecule has 2 saturated carbocycles. The number of rotatable bonds is 2. The highest BCUT2D eigenvalue weighted by molar-refractivity contribution is 5.35. The van der Waals surface area contributed by atoms with Gasteiger partial charge in [-0.25, -0.2) is 0 Å². The summed E-state index contributed by atoms with van der Waals surface area (Å²) in [5.41, 5.74) is 6.86. The van der Waals surface area contributed by atoms with Crippen LogP contribution in [0.15, 0.2) is 6.20 Å². The summed E-state index contributed by atoms with van der Waals surface area (Å²) < 4.78 is 2.04. The number of hydrogen-bond acceptors (Lipinski definition) is 2. The molecule has 0 radical (unpaired) electrons. The van der Waals surface area contributed by atoms with Gasteiger partial charge in [-0.05, 0) is 50.4 Å². The number of nitrogen functional groups attached to an aromatic ring is 1. The molecule has 0 aromatic carbocycles. The van der Waals surface area contributed by atoms with E-state index in [1.807, 2.05) is 11.6 Å². The molecule has 3 heteroatoms. The molecule has 2 aliphatic carbocycles. The van der Waals surface area contributed by atoms with Crippen molar-refractivity contribution in [1.82, 2.24) is 9.78 Å². The molecule has 0 amide bonds. The number of aromatic nitrogens is 2. The Morgan fingerprint density at radius 3 is 2.93 bits per heavy atom. The van der Waals surface area contributed by atoms with Crippen molar-refractivity contribution < 1.29 is 0 Å². The fourth-order valence-electron chi connectivity index (χ4n) is 3.01. The Bertz CT molecular complexity index is 349. The monoisotopic (exact) mass is 205 g/mol. The summed E-state index contributed by atoms with van der Waals surface area (Å²) in [6.07, 6.45) is 7.83. The topological polar surface area (TPSA) is 43.8 Å². The van der Waals surface area contributed by atoms with Crippen LogP contribution in [-0.4, -0.2) is 9.78 Å². The van der Waals surface area contributed by atoms with Crippen LogP contribution < -0.4 is 5.73 Å². The third-order valence-electron chi connectivity index (χ3n) is 4.08. The minimum absolute atomic E-state index is 0.690. The predicted octanol–water partition coefficient (Wildman–Crippen LogP) is 2.21. The molecule has 3 nitrogen and oxygen atoms in total. The first kappa shape index (κ1) is 9.25. The molecule has 1 heterocycles. The van der Waals surface area contributed by atoms with E-state index in [-0.39, 0.29) is 0 Å². The van der Waals surface area contributed by atoms with Gasteiger partial charge in [-0.2, -0.15) is 5.10 Å². The van der Waals surface area contributed by atoms with Crippen LogP contribution in [0, 0.1) is 24.7 Å². The highest BCUT2D eigenvalue weighted by Gasteiger charge is 2.41. The quantitative estimate of drug-likeness (QED) is 0.804. The van der Waals surface area contributed by atoms with Gasteiger partial charge in [0.1, 0.15) is 5.82 Å². The number of anilines is 1. The molecule has 82 valence electrons. The van der Waals surface area contributed by atoms with Crippen LogP contribution in [0.2, 0.25) is 0 Å². The fourth-order valence-corrected chi connectivity index (χ4v) is 3.01. The maximum atomic E-state index is 5.75. The van der Waals surface area contributed by atoms with Crippen molar-refractivity contribution in [3.8, 4) is 0 Å². The van der Waals surface area contributed by atoms with E-state index in [1.54, 1.807) is 0 Å². The molecule has 3 rings (SSSR count). The van der Waals surface area contributed by atoms with E-state index in [4.69, 9.17) is 5.73 Å². The van der Waals surface area contributed by atoms with E-state index in [1.165, 1.54) is 25.7 Å². The van der Waals surface area contributed by atoms with Crippen molar-refractivity contribution in [3.05, 3.63) is 11.8 Å². The molecule has 3 atom stereocenters. The van der Waals surface area contributed by atoms with Crippen LogP contribution in [0.25, 0.3) is 0 Å². The van der Waals surface area contributed by atoms with Crippen molar-refractivity contribution in [2.45, 2.75) is 39.2 Å². The molecule has 15 heavy (non-hydrogen) atoms. The molecule has 0 aliphatic heterocycles. The van der Waals surface area contributed by atoms with Crippen molar-refractivity contribution in [3.63, 3.8) is 0 Å². The molecule has 0 bridgehead atoms. The lowest BCUT2D eigenvalue weighted by Crippen LogP contribution is -2.16. The Kier molecular flexibility index (Phi) is 2.01. The van der Waals surface area contributed by atoms with E-state index in [0.717, 1.165) is 29.9 Å². The number of nitrogens with two attached hydrogens (primary N) is 1. The largest absolute Gasteiger partial charge is 0.382 e. The smallest absolute Gasteiger partial charge is 0.148 e. The summed E-state index contributed by atoms with van der Waals surface area (Å²) in [5.74, 6) is 3.67. The summed E-state index contributed by atoms with van der Waals surface area (Å²) in [7, 11) is 0. The molecule has 1 aromatic rings. The van der Waals surface area contributed by atoms with Gasteiger partial charge in [-0.1, -0.05) is 0 Å². The van der Waals surface area contributed by atoms with E-state index in [2.05, 4.69) is 11.3 Å². The number of aryl methyl sites for hydroxylation is 1. The third-order valence-corrected chi connectivity index (χ3v) is 4.08. The fraction of sp³-hybridized carbons (Fsp3) is 0.750. The molecule has 2 aliphatic rings. The zero-order valence-corrected chi connectivity index (χ0v) is 9.32. The van der Waals surface area contributed by atoms with Gasteiger partial charge in [0.2, 0.25) is 0 Å². The molecule has 0 spiro atoms. The third kappa shape index (κ3) is 1.75. The molecule has 1 aromatic heterocycles. The Balaban J connectivity index is 1.64. The van der Waals surface area contributed by atoms with Gasteiger partial charge in [0.25, 0.3) is 0 Å². The first-order valence-corrected chi connectivity index (χ1v) is 6.02. The zero-order chi connectivity index (χ0) is 10.4. The Labute approximate surface area is 90.7 Å². The average molecular weight is 205 g/mol. The van der Waals surface area contributed by atoms with Crippen LogP contribution in [-0.2, 0) is 6.54 Å². The maximum Gasteiger partial charge on any atom is 0.148 e. The second kappa shape index (κ2) is 3.26. The first-order chi connectivity index (χ1) is 7.22. The second-order valence-electron chi connectivity index (χ2n) is 5.35.